The molecule has 0 saturated carbocycles. The number of allylic oxidation sites excluding steroid dienone is 2. The highest BCUT2D eigenvalue weighted by Crippen LogP contribution is 2.49. The number of rotatable bonds is 2. The second-order valence-electron chi connectivity index (χ2n) is 7.14. The summed E-state index contributed by atoms with van der Waals surface area (Å²) in [5, 5.41) is 0.725. The van der Waals surface area contributed by atoms with Crippen molar-refractivity contribution in [2.24, 2.45) is 5.41 Å². The van der Waals surface area contributed by atoms with E-state index in [0.717, 1.165) is 16.2 Å². The van der Waals surface area contributed by atoms with Crippen molar-refractivity contribution in [1.29, 1.82) is 0 Å². The molecule has 2 aromatic carbocycles. The van der Waals surface area contributed by atoms with Crippen molar-refractivity contribution < 1.29 is 4.79 Å². The van der Waals surface area contributed by atoms with E-state index in [2.05, 4.69) is 20.8 Å². The molecule has 0 aromatic heterocycles. The summed E-state index contributed by atoms with van der Waals surface area (Å²) in [5.41, 5.74) is 4.26. The Hall–Kier alpha value is -1.86. The van der Waals surface area contributed by atoms with Gasteiger partial charge in [-0.05, 0) is 34.2 Å². The molecule has 2 aromatic rings. The van der Waals surface area contributed by atoms with Crippen molar-refractivity contribution in [3.63, 3.8) is 0 Å². The average molecular weight is 325 g/mol. The number of benzene rings is 2. The monoisotopic (exact) mass is 324 g/mol. The van der Waals surface area contributed by atoms with Crippen molar-refractivity contribution in [3.05, 3.63) is 76.3 Å². The van der Waals surface area contributed by atoms with Gasteiger partial charge in [-0.3, -0.25) is 4.79 Å². The summed E-state index contributed by atoms with van der Waals surface area (Å²) < 4.78 is 0. The largest absolute Gasteiger partial charge is 0.294 e. The van der Waals surface area contributed by atoms with Gasteiger partial charge in [0.15, 0.2) is 5.78 Å². The van der Waals surface area contributed by atoms with E-state index in [1.807, 2.05) is 54.6 Å². The first-order valence-corrected chi connectivity index (χ1v) is 8.34. The molecule has 0 spiro atoms. The van der Waals surface area contributed by atoms with Crippen LogP contribution in [-0.4, -0.2) is 5.78 Å². The topological polar surface area (TPSA) is 17.1 Å². The zero-order valence-corrected chi connectivity index (χ0v) is 14.5. The first-order valence-electron chi connectivity index (χ1n) is 7.96. The molecule has 0 bridgehead atoms. The first-order chi connectivity index (χ1) is 10.9. The maximum absolute atomic E-state index is 12.8. The molecule has 0 fully saturated rings. The Morgan fingerprint density at radius 3 is 2.13 bits per heavy atom. The first kappa shape index (κ1) is 16.0. The maximum Gasteiger partial charge on any atom is 0.164 e. The van der Waals surface area contributed by atoms with Gasteiger partial charge in [0.25, 0.3) is 0 Å². The lowest BCUT2D eigenvalue weighted by Gasteiger charge is -2.28. The van der Waals surface area contributed by atoms with Gasteiger partial charge in [0.05, 0.1) is 0 Å². The van der Waals surface area contributed by atoms with Gasteiger partial charge >= 0.3 is 0 Å². The molecule has 0 aliphatic heterocycles. The minimum Gasteiger partial charge on any atom is -0.294 e. The highest BCUT2D eigenvalue weighted by atomic mass is 35.5. The maximum atomic E-state index is 12.8. The highest BCUT2D eigenvalue weighted by molar-refractivity contribution is 6.30. The molecule has 1 atom stereocenters. The average Bonchev–Trinajstić information content (AvgIpc) is 2.86. The summed E-state index contributed by atoms with van der Waals surface area (Å²) in [6.45, 7) is 6.56. The smallest absolute Gasteiger partial charge is 0.164 e. The molecule has 0 amide bonds. The number of Topliss-reactive ketones (excluding diaryl/α,β-unsaturated/α-hetero) is 1. The van der Waals surface area contributed by atoms with E-state index in [9.17, 15) is 4.79 Å². The van der Waals surface area contributed by atoms with E-state index in [4.69, 9.17) is 11.6 Å². The lowest BCUT2D eigenvalue weighted by atomic mass is 9.76. The molecule has 0 radical (unpaired) electrons. The molecular weight excluding hydrogens is 304 g/mol. The van der Waals surface area contributed by atoms with Crippen molar-refractivity contribution in [2.45, 2.75) is 33.1 Å². The number of carbonyl (C=O) groups excluding carboxylic acids is 1. The van der Waals surface area contributed by atoms with Gasteiger partial charge in [0, 0.05) is 22.9 Å². The van der Waals surface area contributed by atoms with Crippen LogP contribution < -0.4 is 0 Å². The standard InChI is InChI=1S/C21H21ClO/c1-21(2,3)20-17(14-9-11-16(22)12-10-14)13-18(23)19(20)15-7-5-4-6-8-15/h4-12,17H,13H2,1-3H3. The minimum atomic E-state index is -0.0678. The predicted octanol–water partition coefficient (Wildman–Crippen LogP) is 5.90. The Morgan fingerprint density at radius 2 is 1.57 bits per heavy atom. The number of halogens is 1. The van der Waals surface area contributed by atoms with Crippen LogP contribution in [0.2, 0.25) is 5.02 Å². The molecule has 0 N–H and O–H groups in total. The molecule has 1 unspecified atom stereocenters. The van der Waals surface area contributed by atoms with Crippen LogP contribution >= 0.6 is 11.6 Å². The third-order valence-corrected chi connectivity index (χ3v) is 4.68. The molecule has 1 aliphatic carbocycles. The van der Waals surface area contributed by atoms with Crippen molar-refractivity contribution in [3.8, 4) is 0 Å². The zero-order chi connectivity index (χ0) is 16.6. The van der Waals surface area contributed by atoms with Crippen LogP contribution in [0.1, 0.15) is 44.2 Å². The summed E-state index contributed by atoms with van der Waals surface area (Å²) >= 11 is 6.02. The van der Waals surface area contributed by atoms with Gasteiger partial charge in [-0.15, -0.1) is 0 Å². The summed E-state index contributed by atoms with van der Waals surface area (Å²) in [6.07, 6.45) is 0.540. The second kappa shape index (κ2) is 5.98. The van der Waals surface area contributed by atoms with E-state index >= 15 is 0 Å². The van der Waals surface area contributed by atoms with E-state index in [1.54, 1.807) is 0 Å². The molecule has 3 rings (SSSR count). The van der Waals surface area contributed by atoms with Crippen LogP contribution in [0, 0.1) is 5.41 Å². The third-order valence-electron chi connectivity index (χ3n) is 4.43. The lowest BCUT2D eigenvalue weighted by molar-refractivity contribution is -0.113. The van der Waals surface area contributed by atoms with Crippen LogP contribution in [-0.2, 0) is 4.79 Å². The van der Waals surface area contributed by atoms with Crippen molar-refractivity contribution in [1.82, 2.24) is 0 Å². The summed E-state index contributed by atoms with van der Waals surface area (Å²) in [6, 6.07) is 17.9. The molecule has 1 nitrogen and oxygen atoms in total. The Kier molecular flexibility index (Phi) is 4.16. The fourth-order valence-electron chi connectivity index (χ4n) is 3.51. The van der Waals surface area contributed by atoms with E-state index < -0.39 is 0 Å². The van der Waals surface area contributed by atoms with Crippen molar-refractivity contribution >= 4 is 23.0 Å². The second-order valence-corrected chi connectivity index (χ2v) is 7.57. The fraction of sp³-hybridized carbons (Fsp3) is 0.286. The number of hydrogen-bond donors (Lipinski definition) is 0. The number of ketones is 1. The van der Waals surface area contributed by atoms with Gasteiger partial charge in [0.2, 0.25) is 0 Å². The Bertz CT molecular complexity index is 749. The number of hydrogen-bond acceptors (Lipinski definition) is 1. The van der Waals surface area contributed by atoms with E-state index in [-0.39, 0.29) is 17.1 Å². The number of carbonyl (C=O) groups is 1. The molecule has 118 valence electrons. The van der Waals surface area contributed by atoms with Crippen LogP contribution in [0.4, 0.5) is 0 Å². The van der Waals surface area contributed by atoms with Gasteiger partial charge in [-0.2, -0.15) is 0 Å². The van der Waals surface area contributed by atoms with Gasteiger partial charge in [-0.25, -0.2) is 0 Å². The molecule has 0 saturated heterocycles. The SMILES string of the molecule is CC(C)(C)C1=C(c2ccccc2)C(=O)CC1c1ccc(Cl)cc1. The third kappa shape index (κ3) is 3.11. The predicted molar refractivity (Wildman–Crippen MR) is 96.6 cm³/mol. The van der Waals surface area contributed by atoms with Crippen LogP contribution in [0.15, 0.2) is 60.2 Å². The quantitative estimate of drug-likeness (QED) is 0.672. The molecule has 23 heavy (non-hydrogen) atoms. The summed E-state index contributed by atoms with van der Waals surface area (Å²) in [5.74, 6) is 0.371. The molecule has 0 heterocycles. The van der Waals surface area contributed by atoms with Crippen LogP contribution in [0.25, 0.3) is 5.57 Å². The van der Waals surface area contributed by atoms with Gasteiger partial charge in [-0.1, -0.05) is 74.8 Å². The van der Waals surface area contributed by atoms with Crippen LogP contribution in [0.3, 0.4) is 0 Å². The molecule has 1 aliphatic rings. The minimum absolute atomic E-state index is 0.0678. The highest BCUT2D eigenvalue weighted by Gasteiger charge is 2.39. The fourth-order valence-corrected chi connectivity index (χ4v) is 3.64. The molecular formula is C21H21ClO. The van der Waals surface area contributed by atoms with Crippen molar-refractivity contribution in [2.75, 3.05) is 0 Å². The van der Waals surface area contributed by atoms with Gasteiger partial charge in [0.1, 0.15) is 0 Å². The Balaban J connectivity index is 2.17. The van der Waals surface area contributed by atoms with Gasteiger partial charge < -0.3 is 0 Å². The lowest BCUT2D eigenvalue weighted by Crippen LogP contribution is -2.15. The van der Waals surface area contributed by atoms with Crippen LogP contribution in [0.5, 0.6) is 0 Å². The summed E-state index contributed by atoms with van der Waals surface area (Å²) in [7, 11) is 0. The molecule has 2 heteroatoms. The summed E-state index contributed by atoms with van der Waals surface area (Å²) in [4.78, 5) is 12.8. The zero-order valence-electron chi connectivity index (χ0n) is 13.8. The Morgan fingerprint density at radius 1 is 0.957 bits per heavy atom. The Labute approximate surface area is 143 Å². The van der Waals surface area contributed by atoms with E-state index in [0.29, 0.717) is 6.42 Å². The normalized spacial score (nSPS) is 18.6. The van der Waals surface area contributed by atoms with E-state index in [1.165, 1.54) is 11.1 Å².